The van der Waals surface area contributed by atoms with E-state index in [2.05, 4.69) is 10.3 Å². The minimum Gasteiger partial charge on any atom is -0.839 e. The molecular formula is C14H11ClN4O3S. The number of hydrogen-bond donors (Lipinski definition) is 1. The maximum atomic E-state index is 12.5. The zero-order valence-electron chi connectivity index (χ0n) is 11.9. The van der Waals surface area contributed by atoms with Crippen molar-refractivity contribution in [2.24, 2.45) is 0 Å². The third kappa shape index (κ3) is 2.66. The largest absolute Gasteiger partial charge is 0.839 e. The molecule has 1 amide bonds. The maximum Gasteiger partial charge on any atom is 0.296 e. The zero-order chi connectivity index (χ0) is 16.6. The van der Waals surface area contributed by atoms with Crippen LogP contribution in [0.1, 0.15) is 15.4 Å². The van der Waals surface area contributed by atoms with Crippen LogP contribution in [-0.2, 0) is 11.3 Å². The Labute approximate surface area is 139 Å². The summed E-state index contributed by atoms with van der Waals surface area (Å²) in [5.41, 5.74) is 0.314. The van der Waals surface area contributed by atoms with Crippen LogP contribution in [-0.4, -0.2) is 28.3 Å². The molecule has 0 aromatic carbocycles. The van der Waals surface area contributed by atoms with E-state index in [-0.39, 0.29) is 12.2 Å². The van der Waals surface area contributed by atoms with Gasteiger partial charge in [-0.2, -0.15) is 0 Å². The average Bonchev–Trinajstić information content (AvgIpc) is 3.09. The van der Waals surface area contributed by atoms with Crippen molar-refractivity contribution in [3.8, 4) is 5.88 Å². The van der Waals surface area contributed by atoms with Crippen molar-refractivity contribution < 1.29 is 19.1 Å². The number of thiazole rings is 1. The zero-order valence-corrected chi connectivity index (χ0v) is 13.5. The Hall–Kier alpha value is -2.45. The van der Waals surface area contributed by atoms with E-state index >= 15 is 0 Å². The number of Topliss-reactive ketones (excluding diaryl/α,β-unsaturated/α-hetero) is 1. The number of carbonyl (C=O) groups is 2. The molecule has 0 atom stereocenters. The van der Waals surface area contributed by atoms with E-state index in [0.717, 1.165) is 4.88 Å². The minimum absolute atomic E-state index is 0.194. The Kier molecular flexibility index (Phi) is 4.01. The van der Waals surface area contributed by atoms with Gasteiger partial charge in [0.25, 0.3) is 17.3 Å². The van der Waals surface area contributed by atoms with E-state index in [4.69, 9.17) is 11.6 Å². The van der Waals surface area contributed by atoms with E-state index in [1.54, 1.807) is 30.6 Å². The topological polar surface area (TPSA) is 91.1 Å². The molecular weight excluding hydrogens is 340 g/mol. The fraction of sp³-hybridized carbons (Fsp3) is 0.143. The lowest BCUT2D eigenvalue weighted by Gasteiger charge is -2.03. The first kappa shape index (κ1) is 15.4. The summed E-state index contributed by atoms with van der Waals surface area (Å²) in [5.74, 6) is -2.25. The molecule has 0 spiro atoms. The van der Waals surface area contributed by atoms with Crippen molar-refractivity contribution >= 4 is 40.3 Å². The quantitative estimate of drug-likeness (QED) is 0.418. The van der Waals surface area contributed by atoms with Crippen molar-refractivity contribution in [3.05, 3.63) is 45.6 Å². The monoisotopic (exact) mass is 350 g/mol. The first-order valence-electron chi connectivity index (χ1n) is 6.59. The first-order chi connectivity index (χ1) is 11.0. The fourth-order valence-electron chi connectivity index (χ4n) is 2.28. The second-order valence-corrected chi connectivity index (χ2v) is 6.35. The number of rotatable bonds is 4. The number of ketones is 1. The highest BCUT2D eigenvalue weighted by molar-refractivity contribution is 7.15. The van der Waals surface area contributed by atoms with Gasteiger partial charge in [-0.25, -0.2) is 14.0 Å². The Morgan fingerprint density at radius 1 is 1.48 bits per heavy atom. The lowest BCUT2D eigenvalue weighted by Crippen LogP contribution is -2.30. The molecule has 0 radical (unpaired) electrons. The smallest absolute Gasteiger partial charge is 0.296 e. The number of halogens is 1. The first-order valence-corrected chi connectivity index (χ1v) is 7.79. The van der Waals surface area contributed by atoms with Gasteiger partial charge in [0.15, 0.2) is 4.47 Å². The van der Waals surface area contributed by atoms with Gasteiger partial charge < -0.3 is 10.4 Å². The molecule has 3 rings (SSSR count). The molecule has 3 aromatic rings. The van der Waals surface area contributed by atoms with Crippen LogP contribution in [0, 0.1) is 0 Å². The predicted octanol–water partition coefficient (Wildman–Crippen LogP) is 0.387. The molecule has 0 unspecified atom stereocenters. The summed E-state index contributed by atoms with van der Waals surface area (Å²) < 4.78 is 3.20. The van der Waals surface area contributed by atoms with Gasteiger partial charge >= 0.3 is 0 Å². The number of imidazole rings is 1. The van der Waals surface area contributed by atoms with Crippen LogP contribution in [0.2, 0.25) is 4.47 Å². The van der Waals surface area contributed by atoms with E-state index in [1.807, 2.05) is 0 Å². The summed E-state index contributed by atoms with van der Waals surface area (Å²) in [6.45, 7) is 0.220. The molecule has 23 heavy (non-hydrogen) atoms. The van der Waals surface area contributed by atoms with Crippen LogP contribution in [0.4, 0.5) is 0 Å². The molecule has 9 heteroatoms. The molecule has 0 aliphatic carbocycles. The lowest BCUT2D eigenvalue weighted by atomic mass is 10.2. The number of fused-ring (bicyclic) bond motifs is 1. The third-order valence-electron chi connectivity index (χ3n) is 3.29. The summed E-state index contributed by atoms with van der Waals surface area (Å²) in [6.07, 6.45) is 3.12. The van der Waals surface area contributed by atoms with Gasteiger partial charge in [-0.1, -0.05) is 17.7 Å². The second kappa shape index (κ2) is 5.98. The highest BCUT2D eigenvalue weighted by Crippen LogP contribution is 2.22. The van der Waals surface area contributed by atoms with Gasteiger partial charge in [-0.15, -0.1) is 11.3 Å². The molecule has 0 saturated heterocycles. The van der Waals surface area contributed by atoms with Gasteiger partial charge in [-0.05, 0) is 6.07 Å². The van der Waals surface area contributed by atoms with E-state index in [1.165, 1.54) is 27.4 Å². The van der Waals surface area contributed by atoms with Crippen molar-refractivity contribution in [2.75, 3.05) is 7.05 Å². The van der Waals surface area contributed by atoms with Gasteiger partial charge in [0, 0.05) is 19.3 Å². The Morgan fingerprint density at radius 2 is 2.26 bits per heavy atom. The molecule has 0 saturated carbocycles. The Bertz CT molecular complexity index is 918. The molecule has 3 heterocycles. The van der Waals surface area contributed by atoms with Gasteiger partial charge in [0.1, 0.15) is 12.4 Å². The summed E-state index contributed by atoms with van der Waals surface area (Å²) in [4.78, 5) is 28.7. The maximum absolute atomic E-state index is 12.5. The van der Waals surface area contributed by atoms with E-state index < -0.39 is 17.6 Å². The lowest BCUT2D eigenvalue weighted by molar-refractivity contribution is -0.582. The molecule has 118 valence electrons. The van der Waals surface area contributed by atoms with Crippen molar-refractivity contribution in [2.45, 2.75) is 6.54 Å². The van der Waals surface area contributed by atoms with Crippen LogP contribution < -0.4 is 14.8 Å². The van der Waals surface area contributed by atoms with Crippen LogP contribution in [0.15, 0.2) is 30.6 Å². The molecule has 3 aromatic heterocycles. The Balaban J connectivity index is 2.20. The number of carbonyl (C=O) groups excluding carboxylic acids is 2. The number of amides is 1. The summed E-state index contributed by atoms with van der Waals surface area (Å²) in [5, 5.41) is 14.8. The van der Waals surface area contributed by atoms with Crippen LogP contribution >= 0.6 is 22.9 Å². The molecule has 7 nitrogen and oxygen atoms in total. The average molecular weight is 351 g/mol. The van der Waals surface area contributed by atoms with Gasteiger partial charge in [0.05, 0.1) is 11.1 Å². The number of nitrogens with zero attached hydrogens (tertiary/aromatic N) is 3. The molecule has 1 N–H and O–H groups in total. The number of hydrogen-bond acceptors (Lipinski definition) is 5. The molecule has 0 bridgehead atoms. The van der Waals surface area contributed by atoms with Crippen molar-refractivity contribution in [3.63, 3.8) is 0 Å². The number of likely N-dealkylation sites (N-methyl/N-ethyl adjacent to an activating group) is 1. The number of nitrogens with one attached hydrogen (secondary N) is 1. The number of aromatic nitrogens is 3. The van der Waals surface area contributed by atoms with Crippen LogP contribution in [0.25, 0.3) is 5.65 Å². The highest BCUT2D eigenvalue weighted by Gasteiger charge is 2.30. The van der Waals surface area contributed by atoms with Gasteiger partial charge in [-0.3, -0.25) is 9.59 Å². The van der Waals surface area contributed by atoms with Crippen LogP contribution in [0.5, 0.6) is 5.88 Å². The summed E-state index contributed by atoms with van der Waals surface area (Å²) in [7, 11) is 1.34. The normalized spacial score (nSPS) is 10.9. The molecule has 0 aliphatic heterocycles. The standard InChI is InChI=1S/C14H11ClN4O3S/c1-16-12(21)11(20)10-13(22)18-5-3-2-4-9(18)19(10)7-8-6-17-14(15)23-8/h2-6H,7H2,1H3,(H-,16,20,21,22). The second-order valence-electron chi connectivity index (χ2n) is 4.66. The third-order valence-corrected chi connectivity index (χ3v) is 4.39. The van der Waals surface area contributed by atoms with Crippen molar-refractivity contribution in [1.82, 2.24) is 14.9 Å². The fourth-order valence-corrected chi connectivity index (χ4v) is 3.25. The highest BCUT2D eigenvalue weighted by atomic mass is 35.5. The van der Waals surface area contributed by atoms with Gasteiger partial charge in [0.2, 0.25) is 5.69 Å². The number of pyridine rings is 1. The molecule has 0 aliphatic rings. The molecule has 0 fully saturated rings. The summed E-state index contributed by atoms with van der Waals surface area (Å²) >= 11 is 7.07. The minimum atomic E-state index is -0.878. The van der Waals surface area contributed by atoms with E-state index in [9.17, 15) is 14.7 Å². The predicted molar refractivity (Wildman–Crippen MR) is 81.7 cm³/mol. The Morgan fingerprint density at radius 3 is 2.91 bits per heavy atom. The summed E-state index contributed by atoms with van der Waals surface area (Å²) in [6, 6.07) is 5.13. The van der Waals surface area contributed by atoms with Crippen LogP contribution in [0.3, 0.4) is 0 Å². The van der Waals surface area contributed by atoms with E-state index in [0.29, 0.717) is 10.1 Å². The van der Waals surface area contributed by atoms with Crippen molar-refractivity contribution in [1.29, 1.82) is 0 Å². The SMILES string of the molecule is CNC(=O)C(=O)c1c([O-])[n+]2ccccc2n1Cc1cnc(Cl)s1.